The van der Waals surface area contributed by atoms with Crippen molar-refractivity contribution in [3.63, 3.8) is 0 Å². The van der Waals surface area contributed by atoms with Crippen LogP contribution in [0.15, 0.2) is 67.1 Å². The lowest BCUT2D eigenvalue weighted by atomic mass is 10.1. The van der Waals surface area contributed by atoms with Crippen LogP contribution in [0.1, 0.15) is 17.3 Å². The minimum absolute atomic E-state index is 0.156. The van der Waals surface area contributed by atoms with Gasteiger partial charge in [-0.2, -0.15) is 0 Å². The smallest absolute Gasteiger partial charge is 0.123 e. The number of halogens is 1. The lowest BCUT2D eigenvalue weighted by Gasteiger charge is -2.38. The van der Waals surface area contributed by atoms with E-state index in [-0.39, 0.29) is 11.9 Å². The molecule has 1 aliphatic heterocycles. The third-order valence-electron chi connectivity index (χ3n) is 5.82. The first-order valence-corrected chi connectivity index (χ1v) is 10.1. The largest absolute Gasteiger partial charge is 0.296 e. The molecule has 30 heavy (non-hydrogen) atoms. The highest BCUT2D eigenvalue weighted by atomic mass is 19.1. The first kappa shape index (κ1) is 18.8. The SMILES string of the molecule is CN1CCN(Cc2ccc(F)cc2)CC1c1nnn2cc(-c3ccncc3)ccc12. The highest BCUT2D eigenvalue weighted by Gasteiger charge is 2.29. The van der Waals surface area contributed by atoms with E-state index in [1.807, 2.05) is 35.0 Å². The molecule has 0 spiro atoms. The number of hydrogen-bond acceptors (Lipinski definition) is 5. The lowest BCUT2D eigenvalue weighted by molar-refractivity contribution is 0.0889. The van der Waals surface area contributed by atoms with Crippen molar-refractivity contribution < 1.29 is 4.39 Å². The van der Waals surface area contributed by atoms with Crippen molar-refractivity contribution in [2.45, 2.75) is 12.6 Å². The molecular weight excluding hydrogens is 379 g/mol. The molecule has 0 radical (unpaired) electrons. The molecule has 1 aromatic carbocycles. The fourth-order valence-electron chi connectivity index (χ4n) is 4.08. The summed E-state index contributed by atoms with van der Waals surface area (Å²) in [6.45, 7) is 3.57. The first-order valence-electron chi connectivity index (χ1n) is 10.1. The molecule has 0 saturated carbocycles. The molecule has 1 unspecified atom stereocenters. The van der Waals surface area contributed by atoms with Crippen LogP contribution in [-0.2, 0) is 6.54 Å². The maximum absolute atomic E-state index is 13.2. The zero-order chi connectivity index (χ0) is 20.5. The molecule has 0 amide bonds. The van der Waals surface area contributed by atoms with E-state index in [0.29, 0.717) is 0 Å². The Bertz CT molecular complexity index is 1140. The van der Waals surface area contributed by atoms with Gasteiger partial charge in [0.25, 0.3) is 0 Å². The molecule has 4 aromatic rings. The fraction of sp³-hybridized carbons (Fsp3) is 0.261. The quantitative estimate of drug-likeness (QED) is 0.524. The molecule has 7 heteroatoms. The molecule has 1 fully saturated rings. The van der Waals surface area contributed by atoms with E-state index in [1.54, 1.807) is 12.4 Å². The number of aromatic nitrogens is 4. The Labute approximate surface area is 174 Å². The van der Waals surface area contributed by atoms with E-state index in [1.165, 1.54) is 12.1 Å². The van der Waals surface area contributed by atoms with E-state index in [9.17, 15) is 4.39 Å². The minimum atomic E-state index is -0.198. The Morgan fingerprint density at radius 3 is 2.57 bits per heavy atom. The molecule has 1 aliphatic rings. The molecule has 1 atom stereocenters. The number of hydrogen-bond donors (Lipinski definition) is 0. The molecule has 1 saturated heterocycles. The van der Waals surface area contributed by atoms with Gasteiger partial charge < -0.3 is 0 Å². The zero-order valence-electron chi connectivity index (χ0n) is 16.8. The summed E-state index contributed by atoms with van der Waals surface area (Å²) in [5.41, 5.74) is 5.31. The van der Waals surface area contributed by atoms with Crippen molar-refractivity contribution in [2.24, 2.45) is 0 Å². The van der Waals surface area contributed by atoms with Crippen molar-refractivity contribution in [3.05, 3.63) is 84.2 Å². The second kappa shape index (κ2) is 7.93. The van der Waals surface area contributed by atoms with Crippen LogP contribution in [0.5, 0.6) is 0 Å². The van der Waals surface area contributed by atoms with E-state index < -0.39 is 0 Å². The van der Waals surface area contributed by atoms with Crippen LogP contribution in [-0.4, -0.2) is 56.3 Å². The van der Waals surface area contributed by atoms with E-state index in [0.717, 1.165) is 54.1 Å². The molecule has 4 heterocycles. The summed E-state index contributed by atoms with van der Waals surface area (Å²) in [6.07, 6.45) is 5.60. The highest BCUT2D eigenvalue weighted by molar-refractivity contribution is 5.65. The summed E-state index contributed by atoms with van der Waals surface area (Å²) in [5.74, 6) is -0.198. The number of nitrogens with zero attached hydrogens (tertiary/aromatic N) is 6. The standard InChI is InChI=1S/C23H23FN6/c1-28-12-13-29(14-17-2-5-20(24)6-3-17)16-22(28)23-21-7-4-19(15-30(21)27-26-23)18-8-10-25-11-9-18/h2-11,15,22H,12-14,16H2,1H3. The number of benzene rings is 1. The van der Waals surface area contributed by atoms with Crippen molar-refractivity contribution in [1.29, 1.82) is 0 Å². The number of likely N-dealkylation sites (N-methyl/N-ethyl adjacent to an activating group) is 1. The normalized spacial score (nSPS) is 18.1. The molecule has 0 bridgehead atoms. The third kappa shape index (κ3) is 3.69. The topological polar surface area (TPSA) is 49.6 Å². The summed E-state index contributed by atoms with van der Waals surface area (Å²) < 4.78 is 15.1. The van der Waals surface area contributed by atoms with Gasteiger partial charge in [-0.05, 0) is 48.5 Å². The van der Waals surface area contributed by atoms with Crippen molar-refractivity contribution in [2.75, 3.05) is 26.7 Å². The summed E-state index contributed by atoms with van der Waals surface area (Å²) in [5, 5.41) is 8.94. The van der Waals surface area contributed by atoms with Gasteiger partial charge in [0, 0.05) is 50.3 Å². The van der Waals surface area contributed by atoms with E-state index in [2.05, 4.69) is 44.3 Å². The van der Waals surface area contributed by atoms with Crippen LogP contribution in [0.4, 0.5) is 4.39 Å². The van der Waals surface area contributed by atoms with Gasteiger partial charge in [-0.15, -0.1) is 5.10 Å². The van der Waals surface area contributed by atoms with Crippen LogP contribution in [0.3, 0.4) is 0 Å². The fourth-order valence-corrected chi connectivity index (χ4v) is 4.08. The first-order chi connectivity index (χ1) is 14.7. The van der Waals surface area contributed by atoms with Crippen LogP contribution >= 0.6 is 0 Å². The number of rotatable bonds is 4. The zero-order valence-corrected chi connectivity index (χ0v) is 16.8. The van der Waals surface area contributed by atoms with Crippen molar-refractivity contribution >= 4 is 5.52 Å². The van der Waals surface area contributed by atoms with Gasteiger partial charge in [0.2, 0.25) is 0 Å². The Morgan fingerprint density at radius 1 is 0.967 bits per heavy atom. The van der Waals surface area contributed by atoms with Gasteiger partial charge >= 0.3 is 0 Å². The lowest BCUT2D eigenvalue weighted by Crippen LogP contribution is -2.46. The van der Waals surface area contributed by atoms with Crippen LogP contribution in [0.2, 0.25) is 0 Å². The minimum Gasteiger partial charge on any atom is -0.296 e. The van der Waals surface area contributed by atoms with E-state index >= 15 is 0 Å². The van der Waals surface area contributed by atoms with Crippen LogP contribution < -0.4 is 0 Å². The van der Waals surface area contributed by atoms with Gasteiger partial charge in [-0.1, -0.05) is 23.4 Å². The second-order valence-corrected chi connectivity index (χ2v) is 7.82. The number of fused-ring (bicyclic) bond motifs is 1. The van der Waals surface area contributed by atoms with Gasteiger partial charge in [0.05, 0.1) is 11.6 Å². The van der Waals surface area contributed by atoms with Crippen molar-refractivity contribution in [3.8, 4) is 11.1 Å². The second-order valence-electron chi connectivity index (χ2n) is 7.82. The van der Waals surface area contributed by atoms with Crippen LogP contribution in [0, 0.1) is 5.82 Å². The molecule has 3 aromatic heterocycles. The Hall–Kier alpha value is -3.16. The van der Waals surface area contributed by atoms with Crippen LogP contribution in [0.25, 0.3) is 16.6 Å². The van der Waals surface area contributed by atoms with Gasteiger partial charge in [0.15, 0.2) is 0 Å². The Morgan fingerprint density at radius 2 is 1.77 bits per heavy atom. The molecule has 152 valence electrons. The predicted octanol–water partition coefficient (Wildman–Crippen LogP) is 3.42. The Kier molecular flexibility index (Phi) is 4.98. The third-order valence-corrected chi connectivity index (χ3v) is 5.82. The van der Waals surface area contributed by atoms with E-state index in [4.69, 9.17) is 0 Å². The van der Waals surface area contributed by atoms with Crippen molar-refractivity contribution in [1.82, 2.24) is 29.6 Å². The molecule has 0 aliphatic carbocycles. The van der Waals surface area contributed by atoms with Gasteiger partial charge in [-0.3, -0.25) is 14.8 Å². The molecule has 6 nitrogen and oxygen atoms in total. The maximum Gasteiger partial charge on any atom is 0.123 e. The average molecular weight is 402 g/mol. The molecule has 0 N–H and O–H groups in total. The summed E-state index contributed by atoms with van der Waals surface area (Å²) in [7, 11) is 2.14. The molecule has 5 rings (SSSR count). The maximum atomic E-state index is 13.2. The number of piperazine rings is 1. The highest BCUT2D eigenvalue weighted by Crippen LogP contribution is 2.28. The summed E-state index contributed by atoms with van der Waals surface area (Å²) in [4.78, 5) is 8.82. The molecular formula is C23H23FN6. The average Bonchev–Trinajstić information content (AvgIpc) is 3.20. The Balaban J connectivity index is 1.39. The van der Waals surface area contributed by atoms with Gasteiger partial charge in [0.1, 0.15) is 11.5 Å². The monoisotopic (exact) mass is 402 g/mol. The predicted molar refractivity (Wildman–Crippen MR) is 113 cm³/mol. The summed E-state index contributed by atoms with van der Waals surface area (Å²) >= 11 is 0. The van der Waals surface area contributed by atoms with Gasteiger partial charge in [-0.25, -0.2) is 8.91 Å². The summed E-state index contributed by atoms with van der Waals surface area (Å²) in [6, 6.07) is 15.1. The number of pyridine rings is 2.